The van der Waals surface area contributed by atoms with Crippen LogP contribution in [0.3, 0.4) is 0 Å². The van der Waals surface area contributed by atoms with Gasteiger partial charge in [-0.2, -0.15) is 0 Å². The van der Waals surface area contributed by atoms with Gasteiger partial charge in [0, 0.05) is 24.1 Å². The van der Waals surface area contributed by atoms with E-state index in [-0.39, 0.29) is 18.7 Å². The monoisotopic (exact) mass is 543 g/mol. The lowest BCUT2D eigenvalue weighted by Crippen LogP contribution is -2.26. The molecule has 188 valence electrons. The van der Waals surface area contributed by atoms with Crippen molar-refractivity contribution in [1.82, 2.24) is 4.90 Å². The Morgan fingerprint density at radius 2 is 1.86 bits per heavy atom. The van der Waals surface area contributed by atoms with Crippen molar-refractivity contribution in [2.24, 2.45) is 5.41 Å². The molecule has 0 unspecified atom stereocenters. The summed E-state index contributed by atoms with van der Waals surface area (Å²) in [7, 11) is 0. The Kier molecular flexibility index (Phi) is 8.33. The van der Waals surface area contributed by atoms with Gasteiger partial charge in [-0.15, -0.1) is 0 Å². The van der Waals surface area contributed by atoms with Crippen molar-refractivity contribution in [2.75, 3.05) is 26.3 Å². The molecule has 6 heteroatoms. The third-order valence-electron chi connectivity index (χ3n) is 6.57. The number of benzene rings is 2. The molecular formula is C29H35BrFNO3. The standard InChI is InChI=1S/C29H35BrFNO3/c1-29(2,3)28(33)35-23-13-8-20-6-4-7-26(30)27(25(20)18-23)21-9-11-22(12-10-21)34-24-14-17-32(19-24)16-5-15-31/h8-13,18,24H,4-7,14-17,19H2,1-3H3/t24-/m0/s1. The maximum absolute atomic E-state index is 12.5. The molecule has 0 radical (unpaired) electrons. The molecule has 0 aromatic heterocycles. The van der Waals surface area contributed by atoms with Crippen LogP contribution in [0.25, 0.3) is 5.57 Å². The number of aryl methyl sites for hydroxylation is 1. The Morgan fingerprint density at radius 1 is 1.11 bits per heavy atom. The molecule has 0 bridgehead atoms. The van der Waals surface area contributed by atoms with E-state index in [4.69, 9.17) is 9.47 Å². The summed E-state index contributed by atoms with van der Waals surface area (Å²) in [5.41, 5.74) is 4.02. The molecular weight excluding hydrogens is 509 g/mol. The summed E-state index contributed by atoms with van der Waals surface area (Å²) in [6.07, 6.45) is 4.68. The Morgan fingerprint density at radius 3 is 2.57 bits per heavy atom. The zero-order valence-electron chi connectivity index (χ0n) is 20.9. The molecule has 1 saturated heterocycles. The molecule has 4 nitrogen and oxygen atoms in total. The van der Waals surface area contributed by atoms with E-state index in [0.29, 0.717) is 12.2 Å². The van der Waals surface area contributed by atoms with Crippen LogP contribution >= 0.6 is 15.9 Å². The summed E-state index contributed by atoms with van der Waals surface area (Å²) < 4.78 is 25.6. The molecule has 2 aromatic rings. The van der Waals surface area contributed by atoms with Gasteiger partial charge in [0.15, 0.2) is 0 Å². The molecule has 1 atom stereocenters. The summed E-state index contributed by atoms with van der Waals surface area (Å²) in [6, 6.07) is 14.2. The molecule has 1 fully saturated rings. The number of halogens is 2. The number of allylic oxidation sites excluding steroid dienone is 1. The van der Waals surface area contributed by atoms with Crippen molar-refractivity contribution in [1.29, 1.82) is 0 Å². The van der Waals surface area contributed by atoms with Gasteiger partial charge in [0.25, 0.3) is 0 Å². The molecule has 1 heterocycles. The average Bonchev–Trinajstić information content (AvgIpc) is 3.19. The molecule has 0 N–H and O–H groups in total. The van der Waals surface area contributed by atoms with Crippen LogP contribution in [0.15, 0.2) is 46.9 Å². The maximum atomic E-state index is 12.5. The summed E-state index contributed by atoms with van der Waals surface area (Å²) in [5.74, 6) is 1.18. The first-order valence-corrected chi connectivity index (χ1v) is 13.3. The van der Waals surface area contributed by atoms with E-state index < -0.39 is 5.41 Å². The number of rotatable bonds is 7. The number of alkyl halides is 1. The first-order chi connectivity index (χ1) is 16.7. The first-order valence-electron chi connectivity index (χ1n) is 12.5. The Hall–Kier alpha value is -2.18. The Bertz CT molecular complexity index is 1070. The van der Waals surface area contributed by atoms with Crippen LogP contribution in [0.1, 0.15) is 63.1 Å². The van der Waals surface area contributed by atoms with Crippen molar-refractivity contribution in [3.8, 4) is 11.5 Å². The van der Waals surface area contributed by atoms with Crippen molar-refractivity contribution in [2.45, 2.75) is 59.0 Å². The first kappa shape index (κ1) is 25.9. The highest BCUT2D eigenvalue weighted by Crippen LogP contribution is 2.40. The average molecular weight is 545 g/mol. The van der Waals surface area contributed by atoms with Crippen molar-refractivity contribution in [3.63, 3.8) is 0 Å². The van der Waals surface area contributed by atoms with E-state index in [1.54, 1.807) is 0 Å². The molecule has 35 heavy (non-hydrogen) atoms. The topological polar surface area (TPSA) is 38.8 Å². The minimum atomic E-state index is -0.564. The molecule has 0 amide bonds. The summed E-state index contributed by atoms with van der Waals surface area (Å²) in [6.45, 7) is 7.92. The third kappa shape index (κ3) is 6.53. The lowest BCUT2D eigenvalue weighted by Gasteiger charge is -2.19. The van der Waals surface area contributed by atoms with Crippen LogP contribution in [-0.2, 0) is 11.2 Å². The summed E-state index contributed by atoms with van der Waals surface area (Å²) in [5, 5.41) is 0. The van der Waals surface area contributed by atoms with Gasteiger partial charge in [0.05, 0.1) is 12.1 Å². The van der Waals surface area contributed by atoms with Crippen molar-refractivity contribution < 1.29 is 18.7 Å². The summed E-state index contributed by atoms with van der Waals surface area (Å²) in [4.78, 5) is 14.7. The number of hydrogen-bond donors (Lipinski definition) is 0. The second-order valence-electron chi connectivity index (χ2n) is 10.5. The number of fused-ring (bicyclic) bond motifs is 1. The fourth-order valence-corrected chi connectivity index (χ4v) is 5.34. The van der Waals surface area contributed by atoms with Gasteiger partial charge in [0.1, 0.15) is 17.6 Å². The fraction of sp³-hybridized carbons (Fsp3) is 0.483. The highest BCUT2D eigenvalue weighted by Gasteiger charge is 2.26. The number of carbonyl (C=O) groups is 1. The van der Waals surface area contributed by atoms with Crippen LogP contribution < -0.4 is 9.47 Å². The van der Waals surface area contributed by atoms with Gasteiger partial charge < -0.3 is 9.47 Å². The zero-order chi connectivity index (χ0) is 25.0. The largest absolute Gasteiger partial charge is 0.489 e. The van der Waals surface area contributed by atoms with E-state index in [1.165, 1.54) is 5.56 Å². The minimum Gasteiger partial charge on any atom is -0.489 e. The quantitative estimate of drug-likeness (QED) is 0.280. The van der Waals surface area contributed by atoms with E-state index in [0.717, 1.165) is 72.2 Å². The maximum Gasteiger partial charge on any atom is 0.316 e. The molecule has 0 spiro atoms. The molecule has 2 aromatic carbocycles. The predicted octanol–water partition coefficient (Wildman–Crippen LogP) is 6.94. The molecule has 1 aliphatic heterocycles. The number of esters is 1. The van der Waals surface area contributed by atoms with Gasteiger partial charge in [-0.25, -0.2) is 0 Å². The van der Waals surface area contributed by atoms with E-state index in [9.17, 15) is 9.18 Å². The number of likely N-dealkylation sites (tertiary alicyclic amines) is 1. The predicted molar refractivity (Wildman–Crippen MR) is 142 cm³/mol. The van der Waals surface area contributed by atoms with Crippen molar-refractivity contribution in [3.05, 3.63) is 63.6 Å². The highest BCUT2D eigenvalue weighted by atomic mass is 79.9. The van der Waals surface area contributed by atoms with E-state index >= 15 is 0 Å². The Balaban J connectivity index is 1.53. The molecule has 0 saturated carbocycles. The van der Waals surface area contributed by atoms with E-state index in [2.05, 4.69) is 39.0 Å². The molecule has 2 aliphatic rings. The van der Waals surface area contributed by atoms with E-state index in [1.807, 2.05) is 45.0 Å². The molecule has 4 rings (SSSR count). The normalized spacial score (nSPS) is 18.8. The SMILES string of the molecule is CC(C)(C)C(=O)Oc1ccc2c(c1)C(c1ccc(O[C@H]3CCN(CCCF)C3)cc1)=C(Br)CCC2. The van der Waals surface area contributed by atoms with Crippen LogP contribution in [-0.4, -0.2) is 43.3 Å². The number of ether oxygens (including phenoxy) is 2. The van der Waals surface area contributed by atoms with Crippen molar-refractivity contribution >= 4 is 27.5 Å². The van der Waals surface area contributed by atoms with Gasteiger partial charge in [-0.3, -0.25) is 14.1 Å². The van der Waals surface area contributed by atoms with Gasteiger partial charge in [-0.1, -0.05) is 34.1 Å². The lowest BCUT2D eigenvalue weighted by atomic mass is 9.93. The van der Waals surface area contributed by atoms with Gasteiger partial charge in [-0.05, 0) is 99.4 Å². The molecule has 1 aliphatic carbocycles. The second kappa shape index (κ2) is 11.3. The summed E-state index contributed by atoms with van der Waals surface area (Å²) >= 11 is 3.84. The second-order valence-corrected chi connectivity index (χ2v) is 11.4. The number of hydrogen-bond acceptors (Lipinski definition) is 4. The van der Waals surface area contributed by atoms with Gasteiger partial charge in [0.2, 0.25) is 0 Å². The van der Waals surface area contributed by atoms with Crippen LogP contribution in [0.2, 0.25) is 0 Å². The fourth-order valence-electron chi connectivity index (χ4n) is 4.62. The zero-order valence-corrected chi connectivity index (χ0v) is 22.5. The minimum absolute atomic E-state index is 0.144. The Labute approximate surface area is 216 Å². The van der Waals surface area contributed by atoms with Crippen LogP contribution in [0.5, 0.6) is 11.5 Å². The number of carbonyl (C=O) groups excluding carboxylic acids is 1. The number of nitrogens with zero attached hydrogens (tertiary/aromatic N) is 1. The van der Waals surface area contributed by atoms with Gasteiger partial charge >= 0.3 is 5.97 Å². The van der Waals surface area contributed by atoms with Crippen LogP contribution in [0, 0.1) is 5.41 Å². The lowest BCUT2D eigenvalue weighted by molar-refractivity contribution is -0.143. The smallest absolute Gasteiger partial charge is 0.316 e. The highest BCUT2D eigenvalue weighted by molar-refractivity contribution is 9.11. The third-order valence-corrected chi connectivity index (χ3v) is 7.36. The van der Waals surface area contributed by atoms with Crippen LogP contribution in [0.4, 0.5) is 4.39 Å².